The summed E-state index contributed by atoms with van der Waals surface area (Å²) in [6.45, 7) is 2.22. The number of nitrogens with one attached hydrogen (secondary N) is 2. The van der Waals surface area contributed by atoms with Gasteiger partial charge in [-0.05, 0) is 25.0 Å². The van der Waals surface area contributed by atoms with E-state index in [0.29, 0.717) is 25.6 Å². The molecule has 1 aromatic heterocycles. The van der Waals surface area contributed by atoms with Gasteiger partial charge < -0.3 is 14.6 Å². The van der Waals surface area contributed by atoms with E-state index >= 15 is 0 Å². The zero-order valence-electron chi connectivity index (χ0n) is 13.6. The molecule has 0 bridgehead atoms. The number of halogens is 1. The Morgan fingerprint density at radius 2 is 2.12 bits per heavy atom. The summed E-state index contributed by atoms with van der Waals surface area (Å²) in [5.41, 5.74) is 0.154. The fourth-order valence-electron chi connectivity index (χ4n) is 3.57. The first-order chi connectivity index (χ1) is 12.2. The van der Waals surface area contributed by atoms with Crippen LogP contribution in [0.25, 0.3) is 11.4 Å². The van der Waals surface area contributed by atoms with Crippen LogP contribution in [0.2, 0.25) is 0 Å². The van der Waals surface area contributed by atoms with Gasteiger partial charge in [0, 0.05) is 25.2 Å². The fraction of sp³-hybridized carbons (Fsp3) is 0.471. The van der Waals surface area contributed by atoms with Gasteiger partial charge >= 0.3 is 0 Å². The quantitative estimate of drug-likeness (QED) is 0.866. The molecule has 8 heteroatoms. The van der Waals surface area contributed by atoms with Gasteiger partial charge in [0.25, 0.3) is 0 Å². The lowest BCUT2D eigenvalue weighted by Crippen LogP contribution is -2.49. The molecule has 1 unspecified atom stereocenters. The Morgan fingerprint density at radius 1 is 1.32 bits per heavy atom. The van der Waals surface area contributed by atoms with Crippen molar-refractivity contribution in [2.45, 2.75) is 25.4 Å². The monoisotopic (exact) mass is 346 g/mol. The average Bonchev–Trinajstić information content (AvgIpc) is 3.20. The van der Waals surface area contributed by atoms with Crippen LogP contribution >= 0.6 is 0 Å². The molecule has 1 aromatic carbocycles. The third-order valence-electron chi connectivity index (χ3n) is 5.02. The number of carbonyl (C=O) groups excluding carboxylic acids is 1. The smallest absolute Gasteiger partial charge is 0.240 e. The molecule has 3 heterocycles. The third-order valence-corrected chi connectivity index (χ3v) is 5.02. The van der Waals surface area contributed by atoms with E-state index in [2.05, 4.69) is 20.8 Å². The van der Waals surface area contributed by atoms with Crippen molar-refractivity contribution in [3.8, 4) is 11.4 Å². The van der Waals surface area contributed by atoms with Crippen LogP contribution in [0, 0.1) is 11.2 Å². The Kier molecular flexibility index (Phi) is 4.22. The Bertz CT molecular complexity index is 773. The highest BCUT2D eigenvalue weighted by molar-refractivity contribution is 5.85. The molecule has 1 atom stereocenters. The van der Waals surface area contributed by atoms with Crippen LogP contribution in [0.3, 0.4) is 0 Å². The number of hydrogen-bond acceptors (Lipinski definition) is 6. The van der Waals surface area contributed by atoms with Crippen molar-refractivity contribution in [3.05, 3.63) is 36.0 Å². The predicted molar refractivity (Wildman–Crippen MR) is 85.8 cm³/mol. The third kappa shape index (κ3) is 3.03. The van der Waals surface area contributed by atoms with Crippen LogP contribution in [0.15, 0.2) is 28.8 Å². The molecule has 2 N–H and O–H groups in total. The van der Waals surface area contributed by atoms with Gasteiger partial charge in [-0.15, -0.1) is 0 Å². The number of rotatable bonds is 4. The minimum absolute atomic E-state index is 0.0178. The van der Waals surface area contributed by atoms with Crippen LogP contribution in [-0.4, -0.2) is 41.8 Å². The number of carbonyl (C=O) groups is 1. The van der Waals surface area contributed by atoms with E-state index in [1.54, 1.807) is 18.2 Å². The molecule has 2 aliphatic rings. The van der Waals surface area contributed by atoms with Crippen molar-refractivity contribution in [1.29, 1.82) is 0 Å². The van der Waals surface area contributed by atoms with Crippen molar-refractivity contribution in [2.24, 2.45) is 5.41 Å². The first-order valence-corrected chi connectivity index (χ1v) is 8.34. The molecular formula is C17H19FN4O3. The lowest BCUT2D eigenvalue weighted by Gasteiger charge is -2.36. The number of hydrogen-bond donors (Lipinski definition) is 2. The maximum atomic E-state index is 13.8. The van der Waals surface area contributed by atoms with E-state index in [1.165, 1.54) is 6.07 Å². The average molecular weight is 346 g/mol. The van der Waals surface area contributed by atoms with Gasteiger partial charge in [0.05, 0.1) is 18.2 Å². The van der Waals surface area contributed by atoms with Crippen molar-refractivity contribution in [2.75, 3.05) is 19.8 Å². The Hall–Kier alpha value is -2.32. The maximum Gasteiger partial charge on any atom is 0.240 e. The second-order valence-electron chi connectivity index (χ2n) is 6.50. The summed E-state index contributed by atoms with van der Waals surface area (Å²) in [5, 5.41) is 9.99. The number of ether oxygens (including phenoxy) is 1. The molecule has 7 nitrogen and oxygen atoms in total. The zero-order valence-corrected chi connectivity index (χ0v) is 13.6. The summed E-state index contributed by atoms with van der Waals surface area (Å²) < 4.78 is 24.4. The van der Waals surface area contributed by atoms with Crippen LogP contribution in [0.4, 0.5) is 4.39 Å². The maximum absolute atomic E-state index is 13.8. The largest absolute Gasteiger partial charge is 0.381 e. The van der Waals surface area contributed by atoms with E-state index in [1.807, 2.05) is 0 Å². The van der Waals surface area contributed by atoms with E-state index in [9.17, 15) is 9.18 Å². The summed E-state index contributed by atoms with van der Waals surface area (Å²) >= 11 is 0. The normalized spacial score (nSPS) is 22.3. The van der Waals surface area contributed by atoms with Gasteiger partial charge in [-0.25, -0.2) is 4.39 Å². The molecule has 2 aliphatic heterocycles. The van der Waals surface area contributed by atoms with Crippen LogP contribution in [0.5, 0.6) is 0 Å². The molecular weight excluding hydrogens is 327 g/mol. The summed E-state index contributed by atoms with van der Waals surface area (Å²) in [6.07, 6.45) is 1.65. The molecule has 0 saturated carbocycles. The zero-order chi connectivity index (χ0) is 17.3. The van der Waals surface area contributed by atoms with Crippen molar-refractivity contribution in [1.82, 2.24) is 20.8 Å². The van der Waals surface area contributed by atoms with Crippen LogP contribution in [0.1, 0.15) is 18.7 Å². The van der Waals surface area contributed by atoms with Gasteiger partial charge in [-0.1, -0.05) is 17.3 Å². The van der Waals surface area contributed by atoms with Gasteiger partial charge in [-0.2, -0.15) is 4.98 Å². The minimum atomic E-state index is -0.404. The molecule has 25 heavy (non-hydrogen) atoms. The summed E-state index contributed by atoms with van der Waals surface area (Å²) in [6, 6.07) is 5.94. The highest BCUT2D eigenvalue weighted by atomic mass is 19.1. The lowest BCUT2D eigenvalue weighted by molar-refractivity contribution is -0.122. The first kappa shape index (κ1) is 16.2. The number of benzene rings is 1. The molecule has 4 rings (SSSR count). The van der Waals surface area contributed by atoms with Crippen LogP contribution < -0.4 is 10.6 Å². The highest BCUT2D eigenvalue weighted by Crippen LogP contribution is 2.37. The molecule has 2 fully saturated rings. The van der Waals surface area contributed by atoms with E-state index < -0.39 is 5.82 Å². The van der Waals surface area contributed by atoms with Crippen molar-refractivity contribution >= 4 is 5.91 Å². The van der Waals surface area contributed by atoms with Gasteiger partial charge in [0.15, 0.2) is 0 Å². The van der Waals surface area contributed by atoms with E-state index in [0.717, 1.165) is 12.8 Å². The summed E-state index contributed by atoms with van der Waals surface area (Å²) in [5.74, 6) is 0.0987. The first-order valence-electron chi connectivity index (χ1n) is 8.34. The Balaban J connectivity index is 1.46. The van der Waals surface area contributed by atoms with Gasteiger partial charge in [0.2, 0.25) is 17.6 Å². The SMILES string of the molecule is O=C1NCC2(CCOCC2)C1NCc1nc(-c2ccccc2F)no1. The summed E-state index contributed by atoms with van der Waals surface area (Å²) in [7, 11) is 0. The Morgan fingerprint density at radius 3 is 2.92 bits per heavy atom. The highest BCUT2D eigenvalue weighted by Gasteiger charge is 2.48. The standard InChI is InChI=1S/C17H19FN4O3/c18-12-4-2-1-3-11(12)15-21-13(25-22-15)9-19-14-16(23)20-10-17(14)5-7-24-8-6-17/h1-4,14,19H,5-10H2,(H,20,23). The molecule has 0 radical (unpaired) electrons. The predicted octanol–water partition coefficient (Wildman–Crippen LogP) is 1.26. The number of amides is 1. The van der Waals surface area contributed by atoms with Crippen LogP contribution in [-0.2, 0) is 16.1 Å². The molecule has 2 aromatic rings. The van der Waals surface area contributed by atoms with Crippen molar-refractivity contribution < 1.29 is 18.4 Å². The topological polar surface area (TPSA) is 89.3 Å². The molecule has 1 amide bonds. The van der Waals surface area contributed by atoms with E-state index in [-0.39, 0.29) is 35.3 Å². The van der Waals surface area contributed by atoms with Crippen molar-refractivity contribution in [3.63, 3.8) is 0 Å². The lowest BCUT2D eigenvalue weighted by atomic mass is 9.76. The van der Waals surface area contributed by atoms with Gasteiger partial charge in [-0.3, -0.25) is 10.1 Å². The second kappa shape index (κ2) is 6.53. The number of nitrogens with zero attached hydrogens (tertiary/aromatic N) is 2. The fourth-order valence-corrected chi connectivity index (χ4v) is 3.57. The molecule has 1 spiro atoms. The summed E-state index contributed by atoms with van der Waals surface area (Å²) in [4.78, 5) is 16.4. The van der Waals surface area contributed by atoms with E-state index in [4.69, 9.17) is 9.26 Å². The number of aromatic nitrogens is 2. The molecule has 132 valence electrons. The molecule has 0 aliphatic carbocycles. The second-order valence-corrected chi connectivity index (χ2v) is 6.50. The minimum Gasteiger partial charge on any atom is -0.381 e. The Labute approximate surface area is 143 Å². The molecule has 2 saturated heterocycles. The van der Waals surface area contributed by atoms with Gasteiger partial charge in [0.1, 0.15) is 5.82 Å².